The Morgan fingerprint density at radius 1 is 0.769 bits per heavy atom. The van der Waals surface area contributed by atoms with E-state index < -0.39 is 7.82 Å². The van der Waals surface area contributed by atoms with Crippen molar-refractivity contribution in [1.29, 1.82) is 0 Å². The summed E-state index contributed by atoms with van der Waals surface area (Å²) in [5.41, 5.74) is 3.24. The quantitative estimate of drug-likeness (QED) is 0.176. The number of pyridine rings is 1. The van der Waals surface area contributed by atoms with Gasteiger partial charge >= 0.3 is 7.82 Å². The van der Waals surface area contributed by atoms with Crippen LogP contribution in [-0.4, -0.2) is 11.8 Å². The van der Waals surface area contributed by atoms with Crippen molar-refractivity contribution in [2.24, 2.45) is 0 Å². The number of fused-ring (bicyclic) bond motifs is 2. The predicted octanol–water partition coefficient (Wildman–Crippen LogP) is 7.69. The standard InChI is InChI=1S/C30H23FNO6P/c31-24-13-11-23(12-14-24)26-16-28(25-15-29-30(35-20-34-29)17-27(25)32-26)38-39(33,36-18-21-7-3-1-4-8-21)37-19-22-9-5-2-6-10-22/h1-17H,18-20H2. The summed E-state index contributed by atoms with van der Waals surface area (Å²) in [6.45, 7) is 0.0890. The number of benzene rings is 4. The van der Waals surface area contributed by atoms with Gasteiger partial charge in [0, 0.05) is 23.1 Å². The maximum absolute atomic E-state index is 14.1. The Morgan fingerprint density at radius 3 is 1.97 bits per heavy atom. The van der Waals surface area contributed by atoms with E-state index in [0.717, 1.165) is 11.1 Å². The van der Waals surface area contributed by atoms with Crippen LogP contribution in [0, 0.1) is 5.82 Å². The van der Waals surface area contributed by atoms with Crippen LogP contribution in [0.4, 0.5) is 4.39 Å². The van der Waals surface area contributed by atoms with Crippen LogP contribution in [0.5, 0.6) is 17.2 Å². The zero-order valence-corrected chi connectivity index (χ0v) is 21.6. The fraction of sp³-hybridized carbons (Fsp3) is 0.100. The topological polar surface area (TPSA) is 76.1 Å². The van der Waals surface area contributed by atoms with Crippen LogP contribution in [0.3, 0.4) is 0 Å². The van der Waals surface area contributed by atoms with E-state index in [9.17, 15) is 8.96 Å². The normalized spacial score (nSPS) is 12.5. The third kappa shape index (κ3) is 5.78. The van der Waals surface area contributed by atoms with E-state index >= 15 is 0 Å². The first-order valence-electron chi connectivity index (χ1n) is 12.2. The number of ether oxygens (including phenoxy) is 2. The summed E-state index contributed by atoms with van der Waals surface area (Å²) in [7, 11) is -4.18. The molecule has 0 N–H and O–H groups in total. The molecule has 1 aromatic heterocycles. The Kier molecular flexibility index (Phi) is 6.99. The Hall–Kier alpha value is -4.23. The van der Waals surface area contributed by atoms with Crippen LogP contribution in [-0.2, 0) is 26.8 Å². The van der Waals surface area contributed by atoms with E-state index in [2.05, 4.69) is 0 Å². The minimum Gasteiger partial charge on any atom is -0.454 e. The molecular weight excluding hydrogens is 520 g/mol. The van der Waals surface area contributed by atoms with Crippen LogP contribution in [0.25, 0.3) is 22.2 Å². The summed E-state index contributed by atoms with van der Waals surface area (Å²) in [5.74, 6) is 0.879. The third-order valence-corrected chi connectivity index (χ3v) is 7.39. The fourth-order valence-electron chi connectivity index (χ4n) is 4.10. The van der Waals surface area contributed by atoms with Crippen molar-refractivity contribution in [3.8, 4) is 28.5 Å². The first-order chi connectivity index (χ1) is 19.0. The molecule has 6 rings (SSSR count). The van der Waals surface area contributed by atoms with Gasteiger partial charge < -0.3 is 14.0 Å². The molecule has 0 saturated carbocycles. The average molecular weight is 543 g/mol. The van der Waals surface area contributed by atoms with E-state index in [1.54, 1.807) is 30.3 Å². The van der Waals surface area contributed by atoms with E-state index in [4.69, 9.17) is 28.0 Å². The first-order valence-corrected chi connectivity index (χ1v) is 13.7. The van der Waals surface area contributed by atoms with Gasteiger partial charge in [-0.2, -0.15) is 0 Å². The summed E-state index contributed by atoms with van der Waals surface area (Å²) in [5, 5.41) is 0.525. The van der Waals surface area contributed by atoms with Crippen molar-refractivity contribution >= 4 is 18.7 Å². The second-order valence-corrected chi connectivity index (χ2v) is 10.4. The van der Waals surface area contributed by atoms with Crippen LogP contribution < -0.4 is 14.0 Å². The molecule has 2 heterocycles. The largest absolute Gasteiger partial charge is 0.530 e. The zero-order valence-electron chi connectivity index (χ0n) is 20.7. The molecule has 0 amide bonds. The summed E-state index contributed by atoms with van der Waals surface area (Å²) in [4.78, 5) is 4.72. The Bertz CT molecular complexity index is 1600. The number of halogens is 1. The summed E-state index contributed by atoms with van der Waals surface area (Å²) in [6.07, 6.45) is 0. The van der Waals surface area contributed by atoms with E-state index in [-0.39, 0.29) is 31.6 Å². The van der Waals surface area contributed by atoms with Gasteiger partial charge in [-0.25, -0.2) is 13.9 Å². The molecule has 0 bridgehead atoms. The van der Waals surface area contributed by atoms with Crippen molar-refractivity contribution < 1.29 is 32.0 Å². The number of aromatic nitrogens is 1. The van der Waals surface area contributed by atoms with Crippen LogP contribution in [0.15, 0.2) is 103 Å². The van der Waals surface area contributed by atoms with Crippen molar-refractivity contribution in [3.05, 3.63) is 120 Å². The Morgan fingerprint density at radius 2 is 1.36 bits per heavy atom. The van der Waals surface area contributed by atoms with Crippen LogP contribution in [0.1, 0.15) is 11.1 Å². The average Bonchev–Trinajstić information content (AvgIpc) is 3.43. The molecule has 39 heavy (non-hydrogen) atoms. The molecule has 4 aromatic carbocycles. The van der Waals surface area contributed by atoms with Gasteiger partial charge in [0.05, 0.1) is 24.4 Å². The number of hydrogen-bond donors (Lipinski definition) is 0. The number of phosphoric ester groups is 1. The number of phosphoric acid groups is 1. The van der Waals surface area contributed by atoms with E-state index in [1.807, 2.05) is 60.7 Å². The van der Waals surface area contributed by atoms with Gasteiger partial charge in [-0.15, -0.1) is 0 Å². The highest BCUT2D eigenvalue weighted by molar-refractivity contribution is 7.48. The molecule has 0 aliphatic carbocycles. The second kappa shape index (κ2) is 10.9. The Balaban J connectivity index is 1.40. The summed E-state index contributed by atoms with van der Waals surface area (Å²) in [6, 6.07) is 29.6. The highest BCUT2D eigenvalue weighted by Gasteiger charge is 2.31. The lowest BCUT2D eigenvalue weighted by Gasteiger charge is -2.20. The highest BCUT2D eigenvalue weighted by Crippen LogP contribution is 2.53. The predicted molar refractivity (Wildman–Crippen MR) is 144 cm³/mol. The van der Waals surface area contributed by atoms with Gasteiger partial charge in [0.2, 0.25) is 6.79 Å². The Labute approximate surface area is 224 Å². The number of rotatable bonds is 9. The van der Waals surface area contributed by atoms with E-state index in [1.165, 1.54) is 12.1 Å². The monoisotopic (exact) mass is 543 g/mol. The summed E-state index contributed by atoms with van der Waals surface area (Å²) >= 11 is 0. The number of nitrogens with zero attached hydrogens (tertiary/aromatic N) is 1. The molecule has 0 saturated heterocycles. The lowest BCUT2D eigenvalue weighted by atomic mass is 10.1. The van der Waals surface area contributed by atoms with Crippen molar-refractivity contribution in [2.45, 2.75) is 13.2 Å². The van der Waals surface area contributed by atoms with Crippen molar-refractivity contribution in [1.82, 2.24) is 4.98 Å². The van der Waals surface area contributed by atoms with Crippen molar-refractivity contribution in [2.75, 3.05) is 6.79 Å². The maximum atomic E-state index is 14.1. The third-order valence-electron chi connectivity index (χ3n) is 6.08. The van der Waals surface area contributed by atoms with Gasteiger partial charge in [0.25, 0.3) is 0 Å². The van der Waals surface area contributed by atoms with E-state index in [0.29, 0.717) is 33.7 Å². The van der Waals surface area contributed by atoms with Crippen LogP contribution >= 0.6 is 7.82 Å². The molecule has 0 unspecified atom stereocenters. The van der Waals surface area contributed by atoms with Gasteiger partial charge in [0.15, 0.2) is 11.5 Å². The smallest absolute Gasteiger partial charge is 0.454 e. The molecular formula is C30H23FNO6P. The highest BCUT2D eigenvalue weighted by atomic mass is 31.2. The fourth-order valence-corrected chi connectivity index (χ4v) is 5.28. The molecule has 1 aliphatic rings. The molecule has 1 aliphatic heterocycles. The van der Waals surface area contributed by atoms with Gasteiger partial charge in [0.1, 0.15) is 11.6 Å². The molecule has 196 valence electrons. The molecule has 0 atom stereocenters. The molecule has 5 aromatic rings. The lowest BCUT2D eigenvalue weighted by molar-refractivity contribution is 0.143. The summed E-state index contributed by atoms with van der Waals surface area (Å²) < 4.78 is 56.6. The van der Waals surface area contributed by atoms with Gasteiger partial charge in [-0.3, -0.25) is 9.05 Å². The molecule has 7 nitrogen and oxygen atoms in total. The minimum atomic E-state index is -4.18. The minimum absolute atomic E-state index is 0.00704. The second-order valence-electron chi connectivity index (χ2n) is 8.79. The van der Waals surface area contributed by atoms with Gasteiger partial charge in [-0.1, -0.05) is 60.7 Å². The SMILES string of the molecule is O=P(OCc1ccccc1)(OCc1ccccc1)Oc1cc(-c2ccc(F)cc2)nc2cc3c(cc12)OCO3. The molecule has 0 fully saturated rings. The molecule has 0 spiro atoms. The van der Waals surface area contributed by atoms with Crippen LogP contribution in [0.2, 0.25) is 0 Å². The zero-order chi connectivity index (χ0) is 26.7. The molecule has 0 radical (unpaired) electrons. The maximum Gasteiger partial charge on any atom is 0.530 e. The van der Waals surface area contributed by atoms with Gasteiger partial charge in [-0.05, 0) is 41.5 Å². The molecule has 9 heteroatoms. The number of hydrogen-bond acceptors (Lipinski definition) is 7. The first kappa shape index (κ1) is 25.1. The lowest BCUT2D eigenvalue weighted by Crippen LogP contribution is -2.04. The van der Waals surface area contributed by atoms with Crippen molar-refractivity contribution in [3.63, 3.8) is 0 Å².